The highest BCUT2D eigenvalue weighted by Gasteiger charge is 2.20. The van der Waals surface area contributed by atoms with Gasteiger partial charge in [0.1, 0.15) is 0 Å². The van der Waals surface area contributed by atoms with Gasteiger partial charge in [-0.25, -0.2) is 0 Å². The van der Waals surface area contributed by atoms with Gasteiger partial charge in [-0.2, -0.15) is 0 Å². The Kier molecular flexibility index (Phi) is 3.99. The molecule has 0 heterocycles. The van der Waals surface area contributed by atoms with Crippen LogP contribution in [0.1, 0.15) is 32.6 Å². The molecular formula is C13H17Cl2N. The molecule has 1 aliphatic rings. The molecule has 3 heteroatoms. The minimum atomic E-state index is 0.559. The van der Waals surface area contributed by atoms with Gasteiger partial charge < -0.3 is 5.32 Å². The summed E-state index contributed by atoms with van der Waals surface area (Å²) in [5.74, 6) is 0.728. The topological polar surface area (TPSA) is 12.0 Å². The molecule has 1 fully saturated rings. The van der Waals surface area contributed by atoms with E-state index in [0.717, 1.165) is 11.6 Å². The molecule has 1 N–H and O–H groups in total. The van der Waals surface area contributed by atoms with Crippen LogP contribution in [0.25, 0.3) is 0 Å². The number of benzene rings is 1. The molecule has 1 aromatic carbocycles. The first-order chi connectivity index (χ1) is 7.65. The molecule has 2 atom stereocenters. The first-order valence-electron chi connectivity index (χ1n) is 5.88. The molecule has 2 rings (SSSR count). The largest absolute Gasteiger partial charge is 0.382 e. The van der Waals surface area contributed by atoms with E-state index in [1.54, 1.807) is 6.07 Å². The lowest BCUT2D eigenvalue weighted by atomic mass is 9.86. The van der Waals surface area contributed by atoms with Crippen molar-refractivity contribution >= 4 is 28.9 Å². The summed E-state index contributed by atoms with van der Waals surface area (Å²) in [6, 6.07) is 6.20. The Balaban J connectivity index is 2.07. The highest BCUT2D eigenvalue weighted by molar-refractivity contribution is 6.35. The van der Waals surface area contributed by atoms with Gasteiger partial charge in [0.15, 0.2) is 0 Å². The second-order valence-corrected chi connectivity index (χ2v) is 5.54. The number of hydrogen-bond donors (Lipinski definition) is 1. The molecule has 1 aliphatic carbocycles. The maximum absolute atomic E-state index is 5.98. The van der Waals surface area contributed by atoms with Crippen molar-refractivity contribution in [3.05, 3.63) is 28.2 Å². The Morgan fingerprint density at radius 2 is 1.69 bits per heavy atom. The van der Waals surface area contributed by atoms with Gasteiger partial charge >= 0.3 is 0 Å². The molecule has 0 radical (unpaired) electrons. The van der Waals surface area contributed by atoms with Crippen LogP contribution in [0.3, 0.4) is 0 Å². The van der Waals surface area contributed by atoms with Crippen molar-refractivity contribution in [1.82, 2.24) is 0 Å². The third-order valence-corrected chi connectivity index (χ3v) is 3.76. The minimum absolute atomic E-state index is 0.559. The van der Waals surface area contributed by atoms with Crippen LogP contribution < -0.4 is 5.32 Å². The summed E-state index contributed by atoms with van der Waals surface area (Å²) in [7, 11) is 0. The summed E-state index contributed by atoms with van der Waals surface area (Å²) in [6.07, 6.45) is 5.23. The number of halogens is 2. The van der Waals surface area contributed by atoms with Crippen LogP contribution in [0, 0.1) is 5.92 Å². The quantitative estimate of drug-likeness (QED) is 0.788. The molecule has 0 aliphatic heterocycles. The van der Waals surface area contributed by atoms with E-state index in [2.05, 4.69) is 12.2 Å². The van der Waals surface area contributed by atoms with Crippen molar-refractivity contribution in [3.8, 4) is 0 Å². The first-order valence-corrected chi connectivity index (χ1v) is 6.63. The predicted molar refractivity (Wildman–Crippen MR) is 71.5 cm³/mol. The summed E-state index contributed by atoms with van der Waals surface area (Å²) >= 11 is 12.0. The first kappa shape index (κ1) is 12.1. The zero-order chi connectivity index (χ0) is 11.5. The Morgan fingerprint density at radius 1 is 1.06 bits per heavy atom. The van der Waals surface area contributed by atoms with E-state index >= 15 is 0 Å². The van der Waals surface area contributed by atoms with Gasteiger partial charge in [-0.15, -0.1) is 0 Å². The molecule has 0 spiro atoms. The molecule has 1 nitrogen and oxygen atoms in total. The smallest absolute Gasteiger partial charge is 0.0441 e. The van der Waals surface area contributed by atoms with Gasteiger partial charge in [-0.1, -0.05) is 43.0 Å². The van der Waals surface area contributed by atoms with Gasteiger partial charge in [0.2, 0.25) is 0 Å². The fraction of sp³-hybridized carbons (Fsp3) is 0.538. The van der Waals surface area contributed by atoms with Crippen LogP contribution in [0.4, 0.5) is 5.69 Å². The molecular weight excluding hydrogens is 241 g/mol. The van der Waals surface area contributed by atoms with E-state index in [1.807, 2.05) is 12.1 Å². The van der Waals surface area contributed by atoms with E-state index in [-0.39, 0.29) is 0 Å². The minimum Gasteiger partial charge on any atom is -0.382 e. The lowest BCUT2D eigenvalue weighted by Gasteiger charge is -2.30. The summed E-state index contributed by atoms with van der Waals surface area (Å²) in [5, 5.41) is 4.93. The summed E-state index contributed by atoms with van der Waals surface area (Å²) in [4.78, 5) is 0. The van der Waals surface area contributed by atoms with Crippen molar-refractivity contribution in [3.63, 3.8) is 0 Å². The Labute approximate surface area is 107 Å². The zero-order valence-corrected chi connectivity index (χ0v) is 11.0. The van der Waals surface area contributed by atoms with Crippen LogP contribution in [-0.4, -0.2) is 6.04 Å². The highest BCUT2D eigenvalue weighted by Crippen LogP contribution is 2.29. The standard InChI is InChI=1S/C13H17Cl2N/c1-9-4-2-3-5-13(9)16-12-7-10(14)6-11(15)8-12/h6-9,13,16H,2-5H2,1H3. The van der Waals surface area contributed by atoms with Crippen molar-refractivity contribution in [2.24, 2.45) is 5.92 Å². The van der Waals surface area contributed by atoms with E-state index in [9.17, 15) is 0 Å². The third-order valence-electron chi connectivity index (χ3n) is 3.33. The Morgan fingerprint density at radius 3 is 2.31 bits per heavy atom. The van der Waals surface area contributed by atoms with E-state index in [0.29, 0.717) is 16.1 Å². The van der Waals surface area contributed by atoms with E-state index in [4.69, 9.17) is 23.2 Å². The van der Waals surface area contributed by atoms with Crippen LogP contribution >= 0.6 is 23.2 Å². The van der Waals surface area contributed by atoms with Crippen LogP contribution in [0.15, 0.2) is 18.2 Å². The molecule has 0 saturated heterocycles. The van der Waals surface area contributed by atoms with Gasteiger partial charge in [0.25, 0.3) is 0 Å². The van der Waals surface area contributed by atoms with Crippen LogP contribution in [-0.2, 0) is 0 Å². The van der Waals surface area contributed by atoms with Gasteiger partial charge in [0, 0.05) is 21.8 Å². The third kappa shape index (κ3) is 3.05. The number of hydrogen-bond acceptors (Lipinski definition) is 1. The predicted octanol–water partition coefficient (Wildman–Crippen LogP) is 4.98. The SMILES string of the molecule is CC1CCCCC1Nc1cc(Cl)cc(Cl)c1. The maximum atomic E-state index is 5.98. The fourth-order valence-corrected chi connectivity index (χ4v) is 2.91. The Hall–Kier alpha value is -0.400. The maximum Gasteiger partial charge on any atom is 0.0441 e. The summed E-state index contributed by atoms with van der Waals surface area (Å²) in [5.41, 5.74) is 1.04. The average molecular weight is 258 g/mol. The monoisotopic (exact) mass is 257 g/mol. The molecule has 16 heavy (non-hydrogen) atoms. The lowest BCUT2D eigenvalue weighted by molar-refractivity contribution is 0.349. The second-order valence-electron chi connectivity index (χ2n) is 4.67. The molecule has 1 aromatic rings. The fourth-order valence-electron chi connectivity index (χ4n) is 2.38. The summed E-state index contributed by atoms with van der Waals surface area (Å²) < 4.78 is 0. The second kappa shape index (κ2) is 5.29. The van der Waals surface area contributed by atoms with E-state index < -0.39 is 0 Å². The molecule has 1 saturated carbocycles. The zero-order valence-electron chi connectivity index (χ0n) is 9.47. The van der Waals surface area contributed by atoms with Crippen molar-refractivity contribution < 1.29 is 0 Å². The van der Waals surface area contributed by atoms with Crippen molar-refractivity contribution in [1.29, 1.82) is 0 Å². The molecule has 0 amide bonds. The van der Waals surface area contributed by atoms with Crippen molar-refractivity contribution in [2.45, 2.75) is 38.6 Å². The van der Waals surface area contributed by atoms with Crippen molar-refractivity contribution in [2.75, 3.05) is 5.32 Å². The van der Waals surface area contributed by atoms with Crippen LogP contribution in [0.2, 0.25) is 10.0 Å². The van der Waals surface area contributed by atoms with Gasteiger partial charge in [-0.05, 0) is 37.0 Å². The average Bonchev–Trinajstić information content (AvgIpc) is 2.20. The number of nitrogens with one attached hydrogen (secondary N) is 1. The normalized spacial score (nSPS) is 25.4. The molecule has 2 unspecified atom stereocenters. The molecule has 88 valence electrons. The Bertz CT molecular complexity index is 345. The molecule has 0 bridgehead atoms. The highest BCUT2D eigenvalue weighted by atomic mass is 35.5. The number of rotatable bonds is 2. The number of anilines is 1. The van der Waals surface area contributed by atoms with Gasteiger partial charge in [-0.3, -0.25) is 0 Å². The van der Waals surface area contributed by atoms with E-state index in [1.165, 1.54) is 25.7 Å². The van der Waals surface area contributed by atoms with Gasteiger partial charge in [0.05, 0.1) is 0 Å². The molecule has 0 aromatic heterocycles. The summed E-state index contributed by atoms with van der Waals surface area (Å²) in [6.45, 7) is 2.31. The van der Waals surface area contributed by atoms with Crippen LogP contribution in [0.5, 0.6) is 0 Å². The lowest BCUT2D eigenvalue weighted by Crippen LogP contribution is -2.30.